The van der Waals surface area contributed by atoms with Crippen molar-refractivity contribution in [2.24, 2.45) is 0 Å². The van der Waals surface area contributed by atoms with E-state index in [0.717, 1.165) is 56.0 Å². The molecule has 9 heteroatoms. The first-order valence-electron chi connectivity index (χ1n) is 17.5. The average molecular weight is 725 g/mol. The molecule has 0 radical (unpaired) electrons. The number of aliphatic hydroxyl groups excluding tert-OH is 1. The van der Waals surface area contributed by atoms with Crippen LogP contribution in [0.25, 0.3) is 33.7 Å². The van der Waals surface area contributed by atoms with Crippen LogP contribution in [0.2, 0.25) is 0 Å². The van der Waals surface area contributed by atoms with Crippen LogP contribution < -0.4 is 5.32 Å². The number of hydrogen-bond donors (Lipinski definition) is 2. The van der Waals surface area contributed by atoms with Crippen LogP contribution in [0.5, 0.6) is 0 Å². The molecule has 0 bridgehead atoms. The van der Waals surface area contributed by atoms with Gasteiger partial charge in [-0.05, 0) is 27.8 Å². The summed E-state index contributed by atoms with van der Waals surface area (Å²) in [7, 11) is 0. The van der Waals surface area contributed by atoms with E-state index in [1.807, 2.05) is 133 Å². The highest BCUT2D eigenvalue weighted by atomic mass is 32.2. The lowest BCUT2D eigenvalue weighted by Crippen LogP contribution is -2.31. The zero-order valence-electron chi connectivity index (χ0n) is 29.1. The highest BCUT2D eigenvalue weighted by Gasteiger charge is 2.33. The molecule has 5 aromatic carbocycles. The van der Waals surface area contributed by atoms with Crippen molar-refractivity contribution in [3.05, 3.63) is 168 Å². The lowest BCUT2D eigenvalue weighted by Gasteiger charge is -2.36. The van der Waals surface area contributed by atoms with Gasteiger partial charge in [0.05, 0.1) is 18.8 Å². The monoisotopic (exact) mass is 724 g/mol. The van der Waals surface area contributed by atoms with E-state index in [2.05, 4.69) is 11.9 Å². The van der Waals surface area contributed by atoms with Gasteiger partial charge in [0.15, 0.2) is 12.1 Å². The largest absolute Gasteiger partial charge is 0.445 e. The van der Waals surface area contributed by atoms with Gasteiger partial charge in [0.2, 0.25) is 0 Å². The summed E-state index contributed by atoms with van der Waals surface area (Å²) in [4.78, 5) is 17.0. The molecule has 0 spiro atoms. The van der Waals surface area contributed by atoms with Crippen molar-refractivity contribution >= 4 is 17.9 Å². The molecular weight excluding hydrogens is 685 g/mol. The van der Waals surface area contributed by atoms with Gasteiger partial charge < -0.3 is 29.1 Å². The molecule has 268 valence electrons. The summed E-state index contributed by atoms with van der Waals surface area (Å²) in [5.41, 5.74) is 8.46. The number of amides is 1. The zero-order valence-corrected chi connectivity index (χ0v) is 29.9. The number of aliphatic hydroxyl groups is 1. The summed E-state index contributed by atoms with van der Waals surface area (Å²) < 4.78 is 24.7. The fraction of sp³-hybridized carbons (Fsp3) is 0.182. The van der Waals surface area contributed by atoms with E-state index in [4.69, 9.17) is 23.6 Å². The lowest BCUT2D eigenvalue weighted by atomic mass is 9.98. The van der Waals surface area contributed by atoms with Gasteiger partial charge >= 0.3 is 6.09 Å². The SMILES string of the molecule is C=CCOC(=O)NCc1ccccc1-c1ccc([C@@H]2O[C@H](CSc3nc(-c4ccccc4)c(-c4ccccc4)o3)C[C@H](c3ccc(CO)cc3)O2)cc1. The van der Waals surface area contributed by atoms with Gasteiger partial charge in [0, 0.05) is 35.4 Å². The number of thioether (sulfide) groups is 1. The van der Waals surface area contributed by atoms with Crippen LogP contribution in [-0.4, -0.2) is 34.6 Å². The normalized spacial score (nSPS) is 16.9. The second kappa shape index (κ2) is 17.4. The number of benzene rings is 5. The highest BCUT2D eigenvalue weighted by molar-refractivity contribution is 7.99. The number of alkyl carbamates (subject to hydrolysis) is 1. The first kappa shape index (κ1) is 35.9. The number of aromatic nitrogens is 1. The third kappa shape index (κ3) is 8.96. The molecule has 7 rings (SSSR count). The minimum absolute atomic E-state index is 0.0200. The number of nitrogens with zero attached hydrogens (tertiary/aromatic N) is 1. The van der Waals surface area contributed by atoms with E-state index in [1.54, 1.807) is 0 Å². The highest BCUT2D eigenvalue weighted by Crippen LogP contribution is 2.41. The number of ether oxygens (including phenoxy) is 3. The van der Waals surface area contributed by atoms with Crippen LogP contribution in [0.15, 0.2) is 156 Å². The van der Waals surface area contributed by atoms with Gasteiger partial charge in [-0.3, -0.25) is 0 Å². The van der Waals surface area contributed by atoms with Crippen LogP contribution in [0, 0.1) is 0 Å². The Morgan fingerprint density at radius 2 is 1.51 bits per heavy atom. The van der Waals surface area contributed by atoms with Crippen molar-refractivity contribution in [2.75, 3.05) is 12.4 Å². The Labute approximate surface area is 313 Å². The van der Waals surface area contributed by atoms with E-state index >= 15 is 0 Å². The topological polar surface area (TPSA) is 103 Å². The minimum Gasteiger partial charge on any atom is -0.445 e. The lowest BCUT2D eigenvalue weighted by molar-refractivity contribution is -0.245. The number of carbonyl (C=O) groups is 1. The molecule has 53 heavy (non-hydrogen) atoms. The van der Waals surface area contributed by atoms with Crippen LogP contribution in [0.1, 0.15) is 41.1 Å². The smallest absolute Gasteiger partial charge is 0.407 e. The molecule has 3 atom stereocenters. The van der Waals surface area contributed by atoms with Crippen molar-refractivity contribution < 1.29 is 28.5 Å². The first-order valence-corrected chi connectivity index (χ1v) is 18.5. The molecule has 1 aromatic heterocycles. The Morgan fingerprint density at radius 1 is 0.830 bits per heavy atom. The van der Waals surface area contributed by atoms with E-state index in [1.165, 1.54) is 17.8 Å². The fourth-order valence-electron chi connectivity index (χ4n) is 6.26. The quantitative estimate of drug-likeness (QED) is 0.0897. The predicted octanol–water partition coefficient (Wildman–Crippen LogP) is 9.92. The maximum Gasteiger partial charge on any atom is 0.407 e. The Morgan fingerprint density at radius 3 is 2.23 bits per heavy atom. The Balaban J connectivity index is 1.11. The van der Waals surface area contributed by atoms with Crippen molar-refractivity contribution in [2.45, 2.75) is 43.3 Å². The van der Waals surface area contributed by atoms with Gasteiger partial charge in [-0.25, -0.2) is 9.78 Å². The molecule has 2 heterocycles. The molecule has 8 nitrogen and oxygen atoms in total. The van der Waals surface area contributed by atoms with Crippen LogP contribution in [0.3, 0.4) is 0 Å². The molecule has 6 aromatic rings. The molecule has 0 unspecified atom stereocenters. The van der Waals surface area contributed by atoms with Gasteiger partial charge in [-0.2, -0.15) is 0 Å². The van der Waals surface area contributed by atoms with Gasteiger partial charge in [-0.15, -0.1) is 0 Å². The van der Waals surface area contributed by atoms with Crippen LogP contribution in [0.4, 0.5) is 4.79 Å². The fourth-order valence-corrected chi connectivity index (χ4v) is 7.10. The van der Waals surface area contributed by atoms with E-state index in [-0.39, 0.29) is 25.4 Å². The number of hydrogen-bond acceptors (Lipinski definition) is 8. The molecule has 0 saturated carbocycles. The van der Waals surface area contributed by atoms with Crippen molar-refractivity contribution in [1.82, 2.24) is 10.3 Å². The summed E-state index contributed by atoms with van der Waals surface area (Å²) >= 11 is 1.53. The second-order valence-electron chi connectivity index (χ2n) is 12.6. The number of oxazole rings is 1. The number of carbonyl (C=O) groups excluding carboxylic acids is 1. The Hall–Kier alpha value is -5.45. The maximum absolute atomic E-state index is 12.1. The van der Waals surface area contributed by atoms with E-state index in [9.17, 15) is 9.90 Å². The molecule has 1 aliphatic rings. The molecule has 1 fully saturated rings. The predicted molar refractivity (Wildman–Crippen MR) is 207 cm³/mol. The zero-order chi connectivity index (χ0) is 36.4. The number of rotatable bonds is 13. The second-order valence-corrected chi connectivity index (χ2v) is 13.5. The van der Waals surface area contributed by atoms with E-state index in [0.29, 0.717) is 23.9 Å². The van der Waals surface area contributed by atoms with Gasteiger partial charge in [0.25, 0.3) is 5.22 Å². The van der Waals surface area contributed by atoms with Crippen LogP contribution >= 0.6 is 11.8 Å². The van der Waals surface area contributed by atoms with Gasteiger partial charge in [-0.1, -0.05) is 158 Å². The minimum atomic E-state index is -0.619. The molecule has 1 amide bonds. The Bertz CT molecular complexity index is 2050. The standard InChI is InChI=1S/C44H40N2O6S/c1-2-25-49-43(48)45-27-36-15-9-10-16-38(36)31-21-23-35(24-22-31)42-50-37(26-39(51-42)32-19-17-30(28-47)18-20-32)29-53-44-46-40(33-11-5-3-6-12-33)41(52-44)34-13-7-4-8-14-34/h2-24,37,39,42,47H,1,25-29H2,(H,45,48)/t37-,39+,42+/m0/s1. The molecule has 0 aliphatic carbocycles. The summed E-state index contributed by atoms with van der Waals surface area (Å²) in [5, 5.41) is 13.0. The summed E-state index contributed by atoms with van der Waals surface area (Å²) in [5.74, 6) is 1.33. The van der Waals surface area contributed by atoms with Crippen molar-refractivity contribution in [3.63, 3.8) is 0 Å². The summed E-state index contributed by atoms with van der Waals surface area (Å²) in [6.45, 7) is 4.04. The molecular formula is C44H40N2O6S. The maximum atomic E-state index is 12.1. The summed E-state index contributed by atoms with van der Waals surface area (Å²) in [6.07, 6.45) is 0.639. The van der Waals surface area contributed by atoms with Crippen molar-refractivity contribution in [3.8, 4) is 33.7 Å². The first-order chi connectivity index (χ1) is 26.1. The summed E-state index contributed by atoms with van der Waals surface area (Å²) in [6, 6.07) is 44.1. The Kier molecular flexibility index (Phi) is 11.8. The molecule has 2 N–H and O–H groups in total. The molecule has 1 aliphatic heterocycles. The van der Waals surface area contributed by atoms with Crippen LogP contribution in [-0.2, 0) is 27.4 Å². The van der Waals surface area contributed by atoms with Crippen molar-refractivity contribution in [1.29, 1.82) is 0 Å². The number of nitrogens with one attached hydrogen (secondary N) is 1. The molecule has 1 saturated heterocycles. The van der Waals surface area contributed by atoms with Gasteiger partial charge in [0.1, 0.15) is 12.3 Å². The average Bonchev–Trinajstić information content (AvgIpc) is 3.66. The third-order valence-electron chi connectivity index (χ3n) is 8.97. The third-order valence-corrected chi connectivity index (χ3v) is 9.93. The van der Waals surface area contributed by atoms with E-state index < -0.39 is 12.4 Å².